The van der Waals surface area contributed by atoms with Gasteiger partial charge in [-0.15, -0.1) is 11.3 Å². The summed E-state index contributed by atoms with van der Waals surface area (Å²) in [4.78, 5) is 2.70. The van der Waals surface area contributed by atoms with Crippen LogP contribution in [0.15, 0.2) is 18.2 Å². The Morgan fingerprint density at radius 1 is 1.50 bits per heavy atom. The Morgan fingerprint density at radius 3 is 2.75 bits per heavy atom. The Morgan fingerprint density at radius 2 is 2.25 bits per heavy atom. The topological polar surface area (TPSA) is 12.0 Å². The van der Waals surface area contributed by atoms with Crippen LogP contribution in [0.4, 0.5) is 0 Å². The van der Waals surface area contributed by atoms with Crippen molar-refractivity contribution in [2.75, 3.05) is 7.05 Å². The normalized spacial score (nSPS) is 13.9. The van der Waals surface area contributed by atoms with Gasteiger partial charge in [-0.3, -0.25) is 0 Å². The second-order valence-corrected chi connectivity index (χ2v) is 4.20. The van der Waals surface area contributed by atoms with Gasteiger partial charge < -0.3 is 5.32 Å². The molecule has 0 bridgehead atoms. The van der Waals surface area contributed by atoms with Crippen molar-refractivity contribution in [2.45, 2.75) is 19.9 Å². The lowest BCUT2D eigenvalue weighted by Crippen LogP contribution is -2.17. The Hall–Kier alpha value is -0.600. The maximum absolute atomic E-state index is 3.16. The first-order chi connectivity index (χ1) is 5.72. The molecule has 1 aromatic rings. The summed E-state index contributed by atoms with van der Waals surface area (Å²) in [6.07, 6.45) is 4.34. The number of hydrogen-bond donors (Lipinski definition) is 1. The van der Waals surface area contributed by atoms with Gasteiger partial charge in [0.15, 0.2) is 0 Å². The minimum Gasteiger partial charge on any atom is -0.314 e. The van der Waals surface area contributed by atoms with E-state index in [0.29, 0.717) is 6.04 Å². The SMILES string of the molecule is CNC(C)/C=C/c1ccc(C)s1. The maximum Gasteiger partial charge on any atom is 0.0270 e. The second kappa shape index (κ2) is 4.43. The van der Waals surface area contributed by atoms with Gasteiger partial charge in [0, 0.05) is 15.8 Å². The minimum absolute atomic E-state index is 0.451. The molecule has 0 aliphatic carbocycles. The molecule has 1 atom stereocenters. The Labute approximate surface area is 78.1 Å². The number of aryl methyl sites for hydroxylation is 1. The molecule has 0 saturated carbocycles. The third kappa shape index (κ3) is 2.80. The molecule has 1 N–H and O–H groups in total. The van der Waals surface area contributed by atoms with Gasteiger partial charge in [0.2, 0.25) is 0 Å². The average Bonchev–Trinajstić information content (AvgIpc) is 2.47. The van der Waals surface area contributed by atoms with Crippen LogP contribution >= 0.6 is 11.3 Å². The first-order valence-corrected chi connectivity index (χ1v) is 4.96. The molecule has 0 saturated heterocycles. The van der Waals surface area contributed by atoms with Crippen molar-refractivity contribution in [1.82, 2.24) is 5.32 Å². The molecular formula is C10H15NS. The smallest absolute Gasteiger partial charge is 0.0270 e. The molecule has 0 fully saturated rings. The highest BCUT2D eigenvalue weighted by Gasteiger charge is 1.92. The lowest BCUT2D eigenvalue weighted by molar-refractivity contribution is 0.732. The molecular weight excluding hydrogens is 166 g/mol. The van der Waals surface area contributed by atoms with Crippen molar-refractivity contribution in [3.8, 4) is 0 Å². The highest BCUT2D eigenvalue weighted by atomic mass is 32.1. The Bertz CT molecular complexity index is 263. The van der Waals surface area contributed by atoms with Crippen molar-refractivity contribution in [3.05, 3.63) is 28.0 Å². The zero-order valence-corrected chi connectivity index (χ0v) is 8.61. The van der Waals surface area contributed by atoms with Crippen LogP contribution in [0, 0.1) is 6.92 Å². The fraction of sp³-hybridized carbons (Fsp3) is 0.400. The molecule has 1 rings (SSSR count). The molecule has 1 heterocycles. The molecule has 0 aliphatic rings. The number of hydrogen-bond acceptors (Lipinski definition) is 2. The van der Waals surface area contributed by atoms with Crippen LogP contribution < -0.4 is 5.32 Å². The van der Waals surface area contributed by atoms with Crippen molar-refractivity contribution in [2.24, 2.45) is 0 Å². The van der Waals surface area contributed by atoms with E-state index in [1.807, 2.05) is 18.4 Å². The fourth-order valence-corrected chi connectivity index (χ4v) is 1.67. The van der Waals surface area contributed by atoms with E-state index in [-0.39, 0.29) is 0 Å². The van der Waals surface area contributed by atoms with E-state index in [2.05, 4.69) is 43.4 Å². The molecule has 0 spiro atoms. The van der Waals surface area contributed by atoms with E-state index < -0.39 is 0 Å². The largest absolute Gasteiger partial charge is 0.314 e. The van der Waals surface area contributed by atoms with Crippen LogP contribution in [-0.2, 0) is 0 Å². The highest BCUT2D eigenvalue weighted by molar-refractivity contribution is 7.12. The summed E-state index contributed by atoms with van der Waals surface area (Å²) in [7, 11) is 1.97. The van der Waals surface area contributed by atoms with Gasteiger partial charge in [-0.1, -0.05) is 6.08 Å². The molecule has 12 heavy (non-hydrogen) atoms. The summed E-state index contributed by atoms with van der Waals surface area (Å²) in [6.45, 7) is 4.26. The summed E-state index contributed by atoms with van der Waals surface area (Å²) in [5, 5.41) is 3.16. The molecule has 0 radical (unpaired) electrons. The molecule has 1 aromatic heterocycles. The third-order valence-electron chi connectivity index (χ3n) is 1.77. The van der Waals surface area contributed by atoms with E-state index in [1.165, 1.54) is 9.75 Å². The maximum atomic E-state index is 3.16. The summed E-state index contributed by atoms with van der Waals surface area (Å²) in [5.74, 6) is 0. The van der Waals surface area contributed by atoms with Crippen LogP contribution in [-0.4, -0.2) is 13.1 Å². The van der Waals surface area contributed by atoms with Crippen LogP contribution in [0.5, 0.6) is 0 Å². The van der Waals surface area contributed by atoms with E-state index in [9.17, 15) is 0 Å². The number of thiophene rings is 1. The molecule has 1 unspecified atom stereocenters. The summed E-state index contributed by atoms with van der Waals surface area (Å²) >= 11 is 1.83. The van der Waals surface area contributed by atoms with Gasteiger partial charge in [0.25, 0.3) is 0 Å². The summed E-state index contributed by atoms with van der Waals surface area (Å²) in [5.41, 5.74) is 0. The van der Waals surface area contributed by atoms with Crippen LogP contribution in [0.25, 0.3) is 6.08 Å². The highest BCUT2D eigenvalue weighted by Crippen LogP contribution is 2.16. The molecule has 0 aromatic carbocycles. The van der Waals surface area contributed by atoms with Gasteiger partial charge in [-0.2, -0.15) is 0 Å². The van der Waals surface area contributed by atoms with Gasteiger partial charge >= 0.3 is 0 Å². The predicted molar refractivity (Wildman–Crippen MR) is 56.6 cm³/mol. The van der Waals surface area contributed by atoms with Gasteiger partial charge in [-0.05, 0) is 39.1 Å². The monoisotopic (exact) mass is 181 g/mol. The lowest BCUT2D eigenvalue weighted by Gasteiger charge is -2.00. The first-order valence-electron chi connectivity index (χ1n) is 4.14. The van der Waals surface area contributed by atoms with E-state index >= 15 is 0 Å². The van der Waals surface area contributed by atoms with E-state index in [0.717, 1.165) is 0 Å². The van der Waals surface area contributed by atoms with Gasteiger partial charge in [-0.25, -0.2) is 0 Å². The molecule has 1 nitrogen and oxygen atoms in total. The van der Waals surface area contributed by atoms with Crippen molar-refractivity contribution >= 4 is 17.4 Å². The predicted octanol–water partition coefficient (Wildman–Crippen LogP) is 2.68. The Kier molecular flexibility index (Phi) is 3.50. The average molecular weight is 181 g/mol. The van der Waals surface area contributed by atoms with Crippen LogP contribution in [0.3, 0.4) is 0 Å². The minimum atomic E-state index is 0.451. The zero-order valence-electron chi connectivity index (χ0n) is 7.79. The van der Waals surface area contributed by atoms with Crippen LogP contribution in [0.1, 0.15) is 16.7 Å². The van der Waals surface area contributed by atoms with E-state index in [1.54, 1.807) is 0 Å². The summed E-state index contributed by atoms with van der Waals surface area (Å²) in [6, 6.07) is 4.75. The van der Waals surface area contributed by atoms with Crippen molar-refractivity contribution in [3.63, 3.8) is 0 Å². The molecule has 66 valence electrons. The molecule has 0 aliphatic heterocycles. The fourth-order valence-electron chi connectivity index (χ4n) is 0.878. The van der Waals surface area contributed by atoms with E-state index in [4.69, 9.17) is 0 Å². The molecule has 0 amide bonds. The summed E-state index contributed by atoms with van der Waals surface area (Å²) < 4.78 is 0. The van der Waals surface area contributed by atoms with Gasteiger partial charge in [0.1, 0.15) is 0 Å². The number of likely N-dealkylation sites (N-methyl/N-ethyl adjacent to an activating group) is 1. The number of rotatable bonds is 3. The standard InChI is InChI=1S/C10H15NS/c1-8(11-3)4-6-10-7-5-9(2)12-10/h4-8,11H,1-3H3/b6-4+. The number of nitrogens with one attached hydrogen (secondary N) is 1. The quantitative estimate of drug-likeness (QED) is 0.756. The van der Waals surface area contributed by atoms with Crippen molar-refractivity contribution in [1.29, 1.82) is 0 Å². The zero-order chi connectivity index (χ0) is 8.97. The third-order valence-corrected chi connectivity index (χ3v) is 2.73. The lowest BCUT2D eigenvalue weighted by atomic mass is 10.3. The second-order valence-electron chi connectivity index (χ2n) is 2.88. The Balaban J connectivity index is 2.57. The molecule has 2 heteroatoms. The first kappa shape index (κ1) is 9.49. The van der Waals surface area contributed by atoms with Crippen molar-refractivity contribution < 1.29 is 0 Å². The van der Waals surface area contributed by atoms with Crippen LogP contribution in [0.2, 0.25) is 0 Å². The van der Waals surface area contributed by atoms with Gasteiger partial charge in [0.05, 0.1) is 0 Å².